The number of likely N-dealkylation sites (N-methyl/N-ethyl adjacent to an activating group) is 1. The summed E-state index contributed by atoms with van der Waals surface area (Å²) in [7, 11) is 2.89. The molecule has 1 aromatic heterocycles. The molecule has 0 spiro atoms. The minimum atomic E-state index is -0.571. The Morgan fingerprint density at radius 3 is 2.57 bits per heavy atom. The van der Waals surface area contributed by atoms with Crippen LogP contribution in [0.1, 0.15) is 18.5 Å². The summed E-state index contributed by atoms with van der Waals surface area (Å²) in [6.45, 7) is 1.49. The summed E-state index contributed by atoms with van der Waals surface area (Å²) >= 11 is 0. The Kier molecular flexibility index (Phi) is 4.78. The van der Waals surface area contributed by atoms with E-state index in [1.807, 2.05) is 0 Å². The maximum Gasteiger partial charge on any atom is 0.331 e. The smallest absolute Gasteiger partial charge is 0.331 e. The van der Waals surface area contributed by atoms with E-state index in [0.29, 0.717) is 5.56 Å². The van der Waals surface area contributed by atoms with Crippen LogP contribution in [0, 0.1) is 5.82 Å². The molecule has 0 aliphatic carbocycles. The molecule has 1 atom stereocenters. The summed E-state index contributed by atoms with van der Waals surface area (Å²) in [6, 6.07) is 6.97. The van der Waals surface area contributed by atoms with Gasteiger partial charge in [-0.25, -0.2) is 9.18 Å². The molecule has 2 rings (SSSR count). The molecule has 1 aromatic carbocycles. The maximum atomic E-state index is 13.8. The van der Waals surface area contributed by atoms with Crippen molar-refractivity contribution >= 4 is 5.91 Å². The molecular weight excluding hydrogens is 301 g/mol. The molecule has 0 radical (unpaired) electrons. The van der Waals surface area contributed by atoms with Crippen molar-refractivity contribution in [1.82, 2.24) is 14.0 Å². The molecule has 0 N–H and O–H groups in total. The van der Waals surface area contributed by atoms with Crippen LogP contribution in [0.3, 0.4) is 0 Å². The number of amides is 1. The number of hydrogen-bond acceptors (Lipinski definition) is 3. The maximum absolute atomic E-state index is 13.8. The predicted molar refractivity (Wildman–Crippen MR) is 83.5 cm³/mol. The lowest BCUT2D eigenvalue weighted by Crippen LogP contribution is -2.41. The van der Waals surface area contributed by atoms with Gasteiger partial charge in [0.1, 0.15) is 12.4 Å². The first-order chi connectivity index (χ1) is 10.8. The van der Waals surface area contributed by atoms with E-state index in [2.05, 4.69) is 0 Å². The Labute approximate surface area is 132 Å². The third-order valence-corrected chi connectivity index (χ3v) is 3.90. The van der Waals surface area contributed by atoms with Gasteiger partial charge in [-0.1, -0.05) is 18.2 Å². The third kappa shape index (κ3) is 3.39. The van der Waals surface area contributed by atoms with Gasteiger partial charge in [0, 0.05) is 31.9 Å². The van der Waals surface area contributed by atoms with Gasteiger partial charge in [0.15, 0.2) is 0 Å². The van der Waals surface area contributed by atoms with Crippen molar-refractivity contribution < 1.29 is 9.18 Å². The Morgan fingerprint density at radius 2 is 1.91 bits per heavy atom. The van der Waals surface area contributed by atoms with E-state index in [1.165, 1.54) is 30.3 Å². The molecule has 0 fully saturated rings. The van der Waals surface area contributed by atoms with E-state index in [0.717, 1.165) is 9.13 Å². The van der Waals surface area contributed by atoms with Crippen molar-refractivity contribution in [1.29, 1.82) is 0 Å². The van der Waals surface area contributed by atoms with Crippen molar-refractivity contribution in [3.05, 3.63) is 68.7 Å². The Balaban J connectivity index is 2.21. The van der Waals surface area contributed by atoms with Crippen molar-refractivity contribution in [2.45, 2.75) is 19.5 Å². The number of benzene rings is 1. The van der Waals surface area contributed by atoms with E-state index in [-0.39, 0.29) is 18.3 Å². The van der Waals surface area contributed by atoms with Crippen LogP contribution < -0.4 is 11.2 Å². The zero-order chi connectivity index (χ0) is 17.1. The van der Waals surface area contributed by atoms with Gasteiger partial charge in [-0.3, -0.25) is 18.7 Å². The monoisotopic (exact) mass is 319 g/mol. The first-order valence-electron chi connectivity index (χ1n) is 7.09. The summed E-state index contributed by atoms with van der Waals surface area (Å²) in [4.78, 5) is 37.0. The lowest BCUT2D eigenvalue weighted by Gasteiger charge is -2.26. The highest BCUT2D eigenvalue weighted by atomic mass is 19.1. The van der Waals surface area contributed by atoms with Gasteiger partial charge in [-0.2, -0.15) is 0 Å². The number of carbonyl (C=O) groups excluding carboxylic acids is 1. The second-order valence-electron chi connectivity index (χ2n) is 5.33. The molecule has 0 aliphatic heterocycles. The van der Waals surface area contributed by atoms with Crippen LogP contribution in [-0.4, -0.2) is 27.0 Å². The number of halogens is 1. The second kappa shape index (κ2) is 6.60. The quantitative estimate of drug-likeness (QED) is 0.841. The zero-order valence-corrected chi connectivity index (χ0v) is 13.2. The molecule has 23 heavy (non-hydrogen) atoms. The van der Waals surface area contributed by atoms with Crippen LogP contribution in [0.2, 0.25) is 0 Å². The van der Waals surface area contributed by atoms with Crippen LogP contribution in [0.25, 0.3) is 0 Å². The molecule has 0 saturated heterocycles. The molecule has 0 saturated carbocycles. The van der Waals surface area contributed by atoms with Gasteiger partial charge in [0.2, 0.25) is 5.91 Å². The van der Waals surface area contributed by atoms with Gasteiger partial charge in [0.05, 0.1) is 6.04 Å². The first kappa shape index (κ1) is 16.7. The summed E-state index contributed by atoms with van der Waals surface area (Å²) < 4.78 is 15.9. The van der Waals surface area contributed by atoms with E-state index >= 15 is 0 Å². The van der Waals surface area contributed by atoms with Crippen LogP contribution >= 0.6 is 0 Å². The summed E-state index contributed by atoms with van der Waals surface area (Å²) in [5, 5.41) is 0. The molecule has 1 unspecified atom stereocenters. The predicted octanol–water partition coefficient (Wildman–Crippen LogP) is 0.906. The van der Waals surface area contributed by atoms with E-state index < -0.39 is 17.3 Å². The van der Waals surface area contributed by atoms with Crippen molar-refractivity contribution in [2.24, 2.45) is 7.05 Å². The number of hydrogen-bond donors (Lipinski definition) is 0. The number of aromatic nitrogens is 2. The topological polar surface area (TPSA) is 64.3 Å². The fraction of sp³-hybridized carbons (Fsp3) is 0.312. The number of carbonyl (C=O) groups is 1. The van der Waals surface area contributed by atoms with Crippen molar-refractivity contribution in [3.8, 4) is 0 Å². The lowest BCUT2D eigenvalue weighted by atomic mass is 10.1. The van der Waals surface area contributed by atoms with E-state index in [4.69, 9.17) is 0 Å². The van der Waals surface area contributed by atoms with Crippen LogP contribution in [0.5, 0.6) is 0 Å². The second-order valence-corrected chi connectivity index (χ2v) is 5.33. The molecule has 6 nitrogen and oxygen atoms in total. The Morgan fingerprint density at radius 1 is 1.26 bits per heavy atom. The average molecular weight is 319 g/mol. The normalized spacial score (nSPS) is 12.0. The van der Waals surface area contributed by atoms with Crippen molar-refractivity contribution in [3.63, 3.8) is 0 Å². The zero-order valence-electron chi connectivity index (χ0n) is 13.2. The van der Waals surface area contributed by atoms with Gasteiger partial charge in [-0.05, 0) is 13.0 Å². The highest BCUT2D eigenvalue weighted by molar-refractivity contribution is 5.76. The fourth-order valence-corrected chi connectivity index (χ4v) is 2.23. The van der Waals surface area contributed by atoms with Gasteiger partial charge in [-0.15, -0.1) is 0 Å². The van der Waals surface area contributed by atoms with Gasteiger partial charge < -0.3 is 4.90 Å². The molecule has 1 heterocycles. The third-order valence-electron chi connectivity index (χ3n) is 3.90. The molecule has 1 amide bonds. The Bertz CT molecular complexity index is 841. The highest BCUT2D eigenvalue weighted by Gasteiger charge is 2.20. The molecule has 0 aliphatic rings. The van der Waals surface area contributed by atoms with E-state index in [9.17, 15) is 18.8 Å². The SMILES string of the molecule is CC(c1ccccc1F)N(C)C(=O)Cn1ccc(=O)n(C)c1=O. The summed E-state index contributed by atoms with van der Waals surface area (Å²) in [5.41, 5.74) is -0.610. The summed E-state index contributed by atoms with van der Waals surface area (Å²) in [6.07, 6.45) is 1.28. The number of rotatable bonds is 4. The van der Waals surface area contributed by atoms with Crippen LogP contribution in [0.15, 0.2) is 46.1 Å². The molecule has 122 valence electrons. The van der Waals surface area contributed by atoms with Gasteiger partial charge in [0.25, 0.3) is 5.56 Å². The minimum absolute atomic E-state index is 0.220. The van der Waals surface area contributed by atoms with Crippen LogP contribution in [-0.2, 0) is 18.4 Å². The molecule has 0 bridgehead atoms. The van der Waals surface area contributed by atoms with E-state index in [1.54, 1.807) is 32.2 Å². The standard InChI is InChI=1S/C16H18FN3O3/c1-11(12-6-4-5-7-13(12)17)18(2)15(22)10-20-9-8-14(21)19(3)16(20)23/h4-9,11H,10H2,1-3H3. The highest BCUT2D eigenvalue weighted by Crippen LogP contribution is 2.21. The molecular formula is C16H18FN3O3. The lowest BCUT2D eigenvalue weighted by molar-refractivity contribution is -0.132. The first-order valence-corrected chi connectivity index (χ1v) is 7.09. The van der Waals surface area contributed by atoms with Gasteiger partial charge >= 0.3 is 5.69 Å². The average Bonchev–Trinajstić information content (AvgIpc) is 2.54. The molecule has 7 heteroatoms. The molecule has 2 aromatic rings. The largest absolute Gasteiger partial charge is 0.337 e. The van der Waals surface area contributed by atoms with Crippen molar-refractivity contribution in [2.75, 3.05) is 7.05 Å². The number of nitrogens with zero attached hydrogens (tertiary/aromatic N) is 3. The minimum Gasteiger partial charge on any atom is -0.337 e. The summed E-state index contributed by atoms with van der Waals surface area (Å²) in [5.74, 6) is -0.750. The van der Waals surface area contributed by atoms with Crippen LogP contribution in [0.4, 0.5) is 4.39 Å². The fourth-order valence-electron chi connectivity index (χ4n) is 2.23. The Hall–Kier alpha value is -2.70.